The van der Waals surface area contributed by atoms with Gasteiger partial charge in [-0.2, -0.15) is 13.2 Å². The minimum Gasteiger partial charge on any atom is -0.332 e. The molecule has 0 aliphatic carbocycles. The highest BCUT2D eigenvalue weighted by atomic mass is 19.4. The molecule has 5 heteroatoms. The van der Waals surface area contributed by atoms with Crippen LogP contribution in [0.15, 0.2) is 0 Å². The summed E-state index contributed by atoms with van der Waals surface area (Å²) in [5, 5.41) is 0. The molecule has 1 saturated heterocycles. The van der Waals surface area contributed by atoms with E-state index in [0.717, 1.165) is 17.7 Å². The molecule has 0 N–H and O–H groups in total. The summed E-state index contributed by atoms with van der Waals surface area (Å²) in [6.45, 7) is 1.91. The lowest BCUT2D eigenvalue weighted by atomic mass is 10.1. The SMILES string of the molecule is CC1CCCCCN1C(=O)C(F)(F)F. The van der Waals surface area contributed by atoms with Crippen LogP contribution in [0, 0.1) is 0 Å². The quantitative estimate of drug-likeness (QED) is 0.599. The van der Waals surface area contributed by atoms with Crippen molar-refractivity contribution in [3.63, 3.8) is 0 Å². The van der Waals surface area contributed by atoms with E-state index in [9.17, 15) is 18.0 Å². The molecule has 1 rings (SSSR count). The van der Waals surface area contributed by atoms with E-state index in [0.29, 0.717) is 12.8 Å². The highest BCUT2D eigenvalue weighted by molar-refractivity contribution is 5.82. The summed E-state index contributed by atoms with van der Waals surface area (Å²) < 4.78 is 36.4. The molecule has 1 aliphatic heterocycles. The van der Waals surface area contributed by atoms with Gasteiger partial charge in [-0.15, -0.1) is 0 Å². The van der Waals surface area contributed by atoms with E-state index in [1.54, 1.807) is 6.92 Å². The second-order valence-corrected chi connectivity index (χ2v) is 3.69. The lowest BCUT2D eigenvalue weighted by Crippen LogP contribution is -2.45. The van der Waals surface area contributed by atoms with Gasteiger partial charge in [0.15, 0.2) is 0 Å². The Morgan fingerprint density at radius 2 is 1.93 bits per heavy atom. The molecule has 1 aliphatic rings. The number of alkyl halides is 3. The van der Waals surface area contributed by atoms with Gasteiger partial charge >= 0.3 is 12.1 Å². The van der Waals surface area contributed by atoms with E-state index >= 15 is 0 Å². The predicted molar refractivity (Wildman–Crippen MR) is 45.7 cm³/mol. The number of hydrogen-bond donors (Lipinski definition) is 0. The number of carbonyl (C=O) groups is 1. The number of likely N-dealkylation sites (tertiary alicyclic amines) is 1. The molecule has 0 spiro atoms. The Bertz CT molecular complexity index is 215. The van der Waals surface area contributed by atoms with Crippen LogP contribution in [-0.4, -0.2) is 29.6 Å². The summed E-state index contributed by atoms with van der Waals surface area (Å²) in [6.07, 6.45) is -1.57. The maximum atomic E-state index is 12.1. The fourth-order valence-corrected chi connectivity index (χ4v) is 1.74. The molecule has 1 heterocycles. The number of halogens is 3. The zero-order valence-electron chi connectivity index (χ0n) is 8.10. The van der Waals surface area contributed by atoms with Crippen molar-refractivity contribution in [3.8, 4) is 0 Å². The molecule has 0 aromatic heterocycles. The van der Waals surface area contributed by atoms with Crippen LogP contribution >= 0.6 is 0 Å². The zero-order valence-corrected chi connectivity index (χ0v) is 8.10. The lowest BCUT2D eigenvalue weighted by molar-refractivity contribution is -0.187. The van der Waals surface area contributed by atoms with E-state index < -0.39 is 12.1 Å². The molecule has 0 aromatic rings. The standard InChI is InChI=1S/C9H14F3NO/c1-7-5-3-2-4-6-13(7)8(14)9(10,11)12/h7H,2-6H2,1H3. The molecule has 1 unspecified atom stereocenters. The molecule has 0 aromatic carbocycles. The molecule has 1 fully saturated rings. The van der Waals surface area contributed by atoms with Gasteiger partial charge in [-0.1, -0.05) is 12.8 Å². The predicted octanol–water partition coefficient (Wildman–Crippen LogP) is 2.34. The molecule has 1 amide bonds. The van der Waals surface area contributed by atoms with E-state index in [4.69, 9.17) is 0 Å². The fourth-order valence-electron chi connectivity index (χ4n) is 1.74. The minimum absolute atomic E-state index is 0.236. The molecular formula is C9H14F3NO. The summed E-state index contributed by atoms with van der Waals surface area (Å²) in [4.78, 5) is 11.9. The van der Waals surface area contributed by atoms with Crippen molar-refractivity contribution in [1.29, 1.82) is 0 Å². The summed E-state index contributed by atoms with van der Waals surface area (Å²) in [6, 6.07) is -0.286. The van der Waals surface area contributed by atoms with Crippen molar-refractivity contribution < 1.29 is 18.0 Å². The third kappa shape index (κ3) is 2.62. The lowest BCUT2D eigenvalue weighted by Gasteiger charge is -2.27. The van der Waals surface area contributed by atoms with Gasteiger partial charge in [0.1, 0.15) is 0 Å². The van der Waals surface area contributed by atoms with Crippen molar-refractivity contribution in [2.24, 2.45) is 0 Å². The molecule has 14 heavy (non-hydrogen) atoms. The smallest absolute Gasteiger partial charge is 0.332 e. The molecule has 82 valence electrons. The topological polar surface area (TPSA) is 20.3 Å². The first-order valence-corrected chi connectivity index (χ1v) is 4.80. The van der Waals surface area contributed by atoms with Gasteiger partial charge < -0.3 is 4.90 Å². The minimum atomic E-state index is -4.72. The second kappa shape index (κ2) is 4.19. The van der Waals surface area contributed by atoms with Gasteiger partial charge in [0.2, 0.25) is 0 Å². The van der Waals surface area contributed by atoms with E-state index in [-0.39, 0.29) is 12.6 Å². The molecular weight excluding hydrogens is 195 g/mol. The number of nitrogens with zero attached hydrogens (tertiary/aromatic N) is 1. The van der Waals surface area contributed by atoms with Crippen LogP contribution in [0.25, 0.3) is 0 Å². The van der Waals surface area contributed by atoms with Crippen LogP contribution in [-0.2, 0) is 4.79 Å². The first-order valence-electron chi connectivity index (χ1n) is 4.80. The fraction of sp³-hybridized carbons (Fsp3) is 0.889. The van der Waals surface area contributed by atoms with Crippen LogP contribution < -0.4 is 0 Å². The first-order chi connectivity index (χ1) is 6.43. The molecule has 2 nitrogen and oxygen atoms in total. The van der Waals surface area contributed by atoms with Crippen LogP contribution in [0.4, 0.5) is 13.2 Å². The Kier molecular flexibility index (Phi) is 3.39. The third-order valence-electron chi connectivity index (χ3n) is 2.56. The Labute approximate surface area is 81.1 Å². The van der Waals surface area contributed by atoms with Crippen LogP contribution in [0.2, 0.25) is 0 Å². The maximum Gasteiger partial charge on any atom is 0.471 e. The maximum absolute atomic E-state index is 12.1. The van der Waals surface area contributed by atoms with Crippen molar-refractivity contribution in [1.82, 2.24) is 4.90 Å². The number of carbonyl (C=O) groups excluding carboxylic acids is 1. The average molecular weight is 209 g/mol. The number of amides is 1. The molecule has 0 saturated carbocycles. The van der Waals surface area contributed by atoms with E-state index in [1.807, 2.05) is 0 Å². The van der Waals surface area contributed by atoms with E-state index in [1.165, 1.54) is 0 Å². The Morgan fingerprint density at radius 1 is 1.29 bits per heavy atom. The van der Waals surface area contributed by atoms with Crippen LogP contribution in [0.1, 0.15) is 32.6 Å². The van der Waals surface area contributed by atoms with Crippen molar-refractivity contribution in [3.05, 3.63) is 0 Å². The van der Waals surface area contributed by atoms with E-state index in [2.05, 4.69) is 0 Å². The van der Waals surface area contributed by atoms with Gasteiger partial charge in [-0.3, -0.25) is 4.79 Å². The summed E-state index contributed by atoms with van der Waals surface area (Å²) >= 11 is 0. The summed E-state index contributed by atoms with van der Waals surface area (Å²) in [7, 11) is 0. The number of hydrogen-bond acceptors (Lipinski definition) is 1. The number of rotatable bonds is 0. The third-order valence-corrected chi connectivity index (χ3v) is 2.56. The van der Waals surface area contributed by atoms with Gasteiger partial charge in [0, 0.05) is 12.6 Å². The normalized spacial score (nSPS) is 24.6. The Morgan fingerprint density at radius 3 is 2.50 bits per heavy atom. The van der Waals surface area contributed by atoms with Gasteiger partial charge in [0.05, 0.1) is 0 Å². The highest BCUT2D eigenvalue weighted by Crippen LogP contribution is 2.24. The van der Waals surface area contributed by atoms with Crippen LogP contribution in [0.5, 0.6) is 0 Å². The highest BCUT2D eigenvalue weighted by Gasteiger charge is 2.43. The van der Waals surface area contributed by atoms with Gasteiger partial charge in [-0.05, 0) is 19.8 Å². The van der Waals surface area contributed by atoms with Crippen molar-refractivity contribution >= 4 is 5.91 Å². The zero-order chi connectivity index (χ0) is 10.8. The van der Waals surface area contributed by atoms with Gasteiger partial charge in [-0.25, -0.2) is 0 Å². The first kappa shape index (κ1) is 11.3. The van der Waals surface area contributed by atoms with Crippen molar-refractivity contribution in [2.75, 3.05) is 6.54 Å². The van der Waals surface area contributed by atoms with Crippen LogP contribution in [0.3, 0.4) is 0 Å². The average Bonchev–Trinajstić information content (AvgIpc) is 2.27. The largest absolute Gasteiger partial charge is 0.471 e. The van der Waals surface area contributed by atoms with Crippen molar-refractivity contribution in [2.45, 2.75) is 44.8 Å². The Hall–Kier alpha value is -0.740. The summed E-state index contributed by atoms with van der Waals surface area (Å²) in [5.41, 5.74) is 0. The molecule has 0 radical (unpaired) electrons. The molecule has 1 atom stereocenters. The second-order valence-electron chi connectivity index (χ2n) is 3.69. The Balaban J connectivity index is 2.69. The summed E-state index contributed by atoms with van der Waals surface area (Å²) in [5.74, 6) is -1.69. The molecule has 0 bridgehead atoms. The monoisotopic (exact) mass is 209 g/mol. The van der Waals surface area contributed by atoms with Gasteiger partial charge in [0.25, 0.3) is 0 Å².